The van der Waals surface area contributed by atoms with Crippen LogP contribution in [0.15, 0.2) is 36.4 Å². The van der Waals surface area contributed by atoms with Crippen LogP contribution in [-0.2, 0) is 21.5 Å². The van der Waals surface area contributed by atoms with E-state index in [2.05, 4.69) is 38.3 Å². The first kappa shape index (κ1) is 29.7. The highest BCUT2D eigenvalue weighted by Gasteiger charge is 2.65. The zero-order valence-corrected chi connectivity index (χ0v) is 28.0. The summed E-state index contributed by atoms with van der Waals surface area (Å²) in [7, 11) is -0.0312. The minimum Gasteiger partial charge on any atom is -0.497 e. The first-order valence-electron chi connectivity index (χ1n) is 17.4. The quantitative estimate of drug-likeness (QED) is 0.421. The van der Waals surface area contributed by atoms with E-state index in [1.165, 1.54) is 34.7 Å². The van der Waals surface area contributed by atoms with E-state index in [-0.39, 0.29) is 17.9 Å². The molecule has 47 heavy (non-hydrogen) atoms. The van der Waals surface area contributed by atoms with Crippen molar-refractivity contribution in [2.24, 2.45) is 5.41 Å². The van der Waals surface area contributed by atoms with Crippen molar-refractivity contribution < 1.29 is 22.7 Å². The molecule has 6 aliphatic rings. The number of nitrogens with zero attached hydrogens (tertiary/aromatic N) is 4. The Labute approximate surface area is 276 Å². The van der Waals surface area contributed by atoms with E-state index >= 15 is 0 Å². The molecule has 0 spiro atoms. The minimum absolute atomic E-state index is 0.0827. The molecule has 1 N–H and O–H groups in total. The molecule has 10 nitrogen and oxygen atoms in total. The SMILES string of the molecule is COc1ccc2c(c1)C1CC1(C(=O)N1CC3CC1CN3C)Cn1c-2c(C2CCCCC2)c2ccc(C(=O)NS(=O)(=O)N3CCC3)cc21. The fourth-order valence-corrected chi connectivity index (χ4v) is 10.8. The molecule has 4 unspecified atom stereocenters. The number of likely N-dealkylation sites (N-methyl/N-ethyl adjacent to an activating group) is 1. The lowest BCUT2D eigenvalue weighted by Crippen LogP contribution is -2.50. The summed E-state index contributed by atoms with van der Waals surface area (Å²) >= 11 is 0. The molecule has 1 aromatic heterocycles. The van der Waals surface area contributed by atoms with Crippen LogP contribution < -0.4 is 9.46 Å². The van der Waals surface area contributed by atoms with Gasteiger partial charge in [-0.2, -0.15) is 12.7 Å². The van der Waals surface area contributed by atoms with Crippen LogP contribution in [0.25, 0.3) is 22.2 Å². The van der Waals surface area contributed by atoms with Crippen LogP contribution in [0.4, 0.5) is 0 Å². The number of ether oxygens (including phenoxy) is 1. The molecule has 4 atom stereocenters. The largest absolute Gasteiger partial charge is 0.497 e. The summed E-state index contributed by atoms with van der Waals surface area (Å²) in [5.41, 5.74) is 5.41. The van der Waals surface area contributed by atoms with Crippen molar-refractivity contribution in [3.05, 3.63) is 53.1 Å². The van der Waals surface area contributed by atoms with Crippen LogP contribution in [0, 0.1) is 5.41 Å². The van der Waals surface area contributed by atoms with Crippen molar-refractivity contribution in [1.82, 2.24) is 23.4 Å². The highest BCUT2D eigenvalue weighted by atomic mass is 32.2. The number of likely N-dealkylation sites (tertiary alicyclic amines) is 2. The van der Waals surface area contributed by atoms with Crippen LogP contribution >= 0.6 is 0 Å². The standard InChI is InChI=1S/C36H43N5O5S/c1-38-19-25-16-24(38)20-40(25)35(43)36-18-30(36)29-17-26(46-2)10-12-27(29)33-32(22-7-4-3-5-8-22)28-11-9-23(15-31(28)41(33)21-36)34(42)37-47(44,45)39-13-6-14-39/h9-12,15,17,22,24-25,30H,3-8,13-14,16,18-21H2,1-2H3,(H,37,42). The molecule has 11 heteroatoms. The van der Waals surface area contributed by atoms with Gasteiger partial charge >= 0.3 is 10.2 Å². The number of fused-ring (bicyclic) bond motifs is 9. The molecular weight excluding hydrogens is 614 g/mol. The first-order valence-corrected chi connectivity index (χ1v) is 18.8. The lowest BCUT2D eigenvalue weighted by Gasteiger charge is -2.35. The molecule has 5 fully saturated rings. The Balaban J connectivity index is 1.21. The lowest BCUT2D eigenvalue weighted by atomic mass is 9.81. The van der Waals surface area contributed by atoms with Crippen molar-refractivity contribution in [2.45, 2.75) is 81.8 Å². The van der Waals surface area contributed by atoms with Gasteiger partial charge in [0.25, 0.3) is 5.91 Å². The maximum atomic E-state index is 14.8. The zero-order chi connectivity index (χ0) is 32.2. The van der Waals surface area contributed by atoms with E-state index in [0.717, 1.165) is 73.1 Å². The second-order valence-electron chi connectivity index (χ2n) is 14.9. The molecule has 0 radical (unpaired) electrons. The van der Waals surface area contributed by atoms with Gasteiger partial charge in [0, 0.05) is 72.8 Å². The Morgan fingerprint density at radius 1 is 0.979 bits per heavy atom. The fraction of sp³-hybridized carbons (Fsp3) is 0.556. The van der Waals surface area contributed by atoms with Gasteiger partial charge in [0.1, 0.15) is 5.75 Å². The van der Waals surface area contributed by atoms with Crippen molar-refractivity contribution in [3.8, 4) is 17.0 Å². The number of hydrogen-bond donors (Lipinski definition) is 1. The monoisotopic (exact) mass is 657 g/mol. The molecule has 2 aromatic carbocycles. The summed E-state index contributed by atoms with van der Waals surface area (Å²) in [5.74, 6) is 0.874. The summed E-state index contributed by atoms with van der Waals surface area (Å²) in [6, 6.07) is 12.7. The highest BCUT2D eigenvalue weighted by Crippen LogP contribution is 2.66. The number of benzene rings is 2. The number of rotatable bonds is 6. The van der Waals surface area contributed by atoms with Crippen molar-refractivity contribution in [1.29, 1.82) is 0 Å². The van der Waals surface area contributed by atoms with E-state index in [1.807, 2.05) is 18.2 Å². The molecule has 2 bridgehead atoms. The normalized spacial score (nSPS) is 28.7. The third-order valence-electron chi connectivity index (χ3n) is 12.4. The smallest absolute Gasteiger partial charge is 0.304 e. The van der Waals surface area contributed by atoms with Gasteiger partial charge in [0.15, 0.2) is 0 Å². The van der Waals surface area contributed by atoms with E-state index in [4.69, 9.17) is 4.74 Å². The first-order chi connectivity index (χ1) is 22.7. The Hall–Kier alpha value is -3.41. The van der Waals surface area contributed by atoms with Crippen LogP contribution in [0.1, 0.15) is 84.7 Å². The van der Waals surface area contributed by atoms with Crippen LogP contribution in [0.5, 0.6) is 5.75 Å². The van der Waals surface area contributed by atoms with Crippen molar-refractivity contribution >= 4 is 32.9 Å². The number of amides is 2. The maximum Gasteiger partial charge on any atom is 0.304 e. The number of methoxy groups -OCH3 is 1. The molecular formula is C36H43N5O5S. The topological polar surface area (TPSA) is 104 Å². The van der Waals surface area contributed by atoms with Crippen LogP contribution in [0.2, 0.25) is 0 Å². The van der Waals surface area contributed by atoms with Crippen molar-refractivity contribution in [3.63, 3.8) is 0 Å². The molecule has 3 saturated heterocycles. The Bertz CT molecular complexity index is 1930. The van der Waals surface area contributed by atoms with Crippen LogP contribution in [-0.4, -0.2) is 91.3 Å². The van der Waals surface area contributed by atoms with Crippen molar-refractivity contribution in [2.75, 3.05) is 40.3 Å². The average molecular weight is 658 g/mol. The minimum atomic E-state index is -3.89. The van der Waals surface area contributed by atoms with Gasteiger partial charge in [-0.3, -0.25) is 14.5 Å². The summed E-state index contributed by atoms with van der Waals surface area (Å²) in [6.45, 7) is 3.09. The molecule has 2 aliphatic carbocycles. The Morgan fingerprint density at radius 2 is 1.79 bits per heavy atom. The van der Waals surface area contributed by atoms with Gasteiger partial charge in [-0.15, -0.1) is 0 Å². The van der Waals surface area contributed by atoms with Crippen LogP contribution in [0.3, 0.4) is 0 Å². The summed E-state index contributed by atoms with van der Waals surface area (Å²) in [4.78, 5) is 32.8. The summed E-state index contributed by atoms with van der Waals surface area (Å²) < 4.78 is 37.3. The van der Waals surface area contributed by atoms with Gasteiger partial charge in [-0.05, 0) is 86.5 Å². The highest BCUT2D eigenvalue weighted by molar-refractivity contribution is 7.87. The number of carbonyl (C=O) groups excluding carboxylic acids is 2. The summed E-state index contributed by atoms with van der Waals surface area (Å²) in [6.07, 6.45) is 8.41. The van der Waals surface area contributed by atoms with E-state index in [1.54, 1.807) is 13.2 Å². The van der Waals surface area contributed by atoms with E-state index in [0.29, 0.717) is 37.2 Å². The molecule has 248 valence electrons. The van der Waals surface area contributed by atoms with Gasteiger partial charge in [-0.1, -0.05) is 25.3 Å². The van der Waals surface area contributed by atoms with Gasteiger partial charge < -0.3 is 14.2 Å². The predicted molar refractivity (Wildman–Crippen MR) is 179 cm³/mol. The molecule has 3 aromatic rings. The Morgan fingerprint density at radius 3 is 2.47 bits per heavy atom. The number of aromatic nitrogens is 1. The average Bonchev–Trinajstić information content (AvgIpc) is 3.28. The number of nitrogens with one attached hydrogen (secondary N) is 1. The molecule has 4 aliphatic heterocycles. The fourth-order valence-electron chi connectivity index (χ4n) is 9.59. The molecule has 2 saturated carbocycles. The predicted octanol–water partition coefficient (Wildman–Crippen LogP) is 4.45. The molecule has 9 rings (SSSR count). The number of piperazine rings is 1. The second-order valence-corrected chi connectivity index (χ2v) is 16.6. The van der Waals surface area contributed by atoms with E-state index in [9.17, 15) is 18.0 Å². The lowest BCUT2D eigenvalue weighted by molar-refractivity contribution is -0.140. The third kappa shape index (κ3) is 4.45. The van der Waals surface area contributed by atoms with Gasteiger partial charge in [-0.25, -0.2) is 4.72 Å². The number of hydrogen-bond acceptors (Lipinski definition) is 6. The number of carbonyl (C=O) groups is 2. The molecule has 5 heterocycles. The zero-order valence-electron chi connectivity index (χ0n) is 27.2. The third-order valence-corrected chi connectivity index (χ3v) is 13.9. The Kier molecular flexibility index (Phi) is 6.66. The van der Waals surface area contributed by atoms with E-state index < -0.39 is 21.5 Å². The molecule has 2 amide bonds. The van der Waals surface area contributed by atoms with Gasteiger partial charge in [0.2, 0.25) is 5.91 Å². The van der Waals surface area contributed by atoms with Gasteiger partial charge in [0.05, 0.1) is 18.2 Å². The maximum absolute atomic E-state index is 14.8. The summed E-state index contributed by atoms with van der Waals surface area (Å²) in [5, 5.41) is 1.10. The second kappa shape index (κ2) is 10.5.